The second-order valence-electron chi connectivity index (χ2n) is 6.62. The molecule has 0 saturated carbocycles. The maximum atomic E-state index is 12.6. The van der Waals surface area contributed by atoms with Gasteiger partial charge < -0.3 is 4.90 Å². The Morgan fingerprint density at radius 1 is 1.23 bits per heavy atom. The first-order valence-electron chi connectivity index (χ1n) is 8.05. The van der Waals surface area contributed by atoms with E-state index >= 15 is 0 Å². The van der Waals surface area contributed by atoms with Gasteiger partial charge in [-0.1, -0.05) is 6.92 Å². The molecule has 5 heteroatoms. The first kappa shape index (κ1) is 17.3. The van der Waals surface area contributed by atoms with Crippen LogP contribution in [0.2, 0.25) is 0 Å². The lowest BCUT2D eigenvalue weighted by molar-refractivity contribution is 0.0749. The smallest absolute Gasteiger partial charge is 0.255 e. The van der Waals surface area contributed by atoms with Crippen molar-refractivity contribution < 1.29 is 4.79 Å². The van der Waals surface area contributed by atoms with Crippen molar-refractivity contribution in [1.29, 1.82) is 0 Å². The molecule has 0 N–H and O–H groups in total. The van der Waals surface area contributed by atoms with Gasteiger partial charge in [-0.05, 0) is 45.1 Å². The van der Waals surface area contributed by atoms with Crippen LogP contribution in [0.3, 0.4) is 0 Å². The van der Waals surface area contributed by atoms with E-state index in [0.717, 1.165) is 43.4 Å². The molecule has 0 atom stereocenters. The third kappa shape index (κ3) is 4.46. The van der Waals surface area contributed by atoms with Gasteiger partial charge in [0.1, 0.15) is 0 Å². The zero-order valence-corrected chi connectivity index (χ0v) is 14.9. The first-order chi connectivity index (χ1) is 10.4. The van der Waals surface area contributed by atoms with Crippen molar-refractivity contribution in [1.82, 2.24) is 14.8 Å². The molecule has 1 aromatic rings. The van der Waals surface area contributed by atoms with Crippen molar-refractivity contribution in [2.24, 2.45) is 0 Å². The minimum absolute atomic E-state index is 0.108. The molecule has 0 radical (unpaired) electrons. The van der Waals surface area contributed by atoms with Crippen LogP contribution in [0.1, 0.15) is 44.5 Å². The van der Waals surface area contributed by atoms with E-state index in [2.05, 4.69) is 37.6 Å². The molecule has 1 aliphatic rings. The normalized spacial score (nSPS) is 17.4. The summed E-state index contributed by atoms with van der Waals surface area (Å²) >= 11 is 1.69. The number of hydrogen-bond acceptors (Lipinski definition) is 4. The van der Waals surface area contributed by atoms with Crippen LogP contribution >= 0.6 is 11.8 Å². The van der Waals surface area contributed by atoms with Crippen LogP contribution in [0.15, 0.2) is 23.4 Å². The van der Waals surface area contributed by atoms with Crippen molar-refractivity contribution in [2.45, 2.75) is 44.7 Å². The van der Waals surface area contributed by atoms with Crippen molar-refractivity contribution in [3.63, 3.8) is 0 Å². The largest absolute Gasteiger partial charge is 0.337 e. The molecule has 122 valence electrons. The number of thioether (sulfide) groups is 1. The second kappa shape index (κ2) is 7.47. The van der Waals surface area contributed by atoms with E-state index in [0.29, 0.717) is 5.56 Å². The number of carbonyl (C=O) groups excluding carboxylic acids is 1. The molecule has 1 saturated heterocycles. The molecule has 1 amide bonds. The Kier molecular flexibility index (Phi) is 5.87. The Morgan fingerprint density at radius 2 is 2.00 bits per heavy atom. The second-order valence-corrected chi connectivity index (χ2v) is 7.91. The van der Waals surface area contributed by atoms with Gasteiger partial charge in [0.2, 0.25) is 0 Å². The predicted molar refractivity (Wildman–Crippen MR) is 92.5 cm³/mol. The monoisotopic (exact) mass is 321 g/mol. The number of rotatable bonds is 3. The van der Waals surface area contributed by atoms with Crippen LogP contribution < -0.4 is 0 Å². The van der Waals surface area contributed by atoms with E-state index in [4.69, 9.17) is 0 Å². The van der Waals surface area contributed by atoms with Gasteiger partial charge in [0.05, 0.1) is 10.6 Å². The van der Waals surface area contributed by atoms with Crippen LogP contribution in [0, 0.1) is 0 Å². The van der Waals surface area contributed by atoms with E-state index in [9.17, 15) is 4.79 Å². The number of carbonyl (C=O) groups is 1. The lowest BCUT2D eigenvalue weighted by atomic mass is 10.1. The fourth-order valence-corrected chi connectivity index (χ4v) is 3.30. The summed E-state index contributed by atoms with van der Waals surface area (Å²) in [6.07, 6.45) is 2.74. The maximum Gasteiger partial charge on any atom is 0.255 e. The minimum Gasteiger partial charge on any atom is -0.337 e. The topological polar surface area (TPSA) is 36.4 Å². The third-order valence-electron chi connectivity index (χ3n) is 4.01. The van der Waals surface area contributed by atoms with E-state index in [1.165, 1.54) is 0 Å². The van der Waals surface area contributed by atoms with Crippen LogP contribution in [0.4, 0.5) is 0 Å². The van der Waals surface area contributed by atoms with Crippen molar-refractivity contribution in [2.75, 3.05) is 31.9 Å². The van der Waals surface area contributed by atoms with Gasteiger partial charge >= 0.3 is 0 Å². The van der Waals surface area contributed by atoms with Crippen LogP contribution in [-0.2, 0) is 0 Å². The van der Waals surface area contributed by atoms with Gasteiger partial charge in [-0.3, -0.25) is 9.69 Å². The molecule has 0 unspecified atom stereocenters. The zero-order valence-electron chi connectivity index (χ0n) is 14.1. The molecule has 2 heterocycles. The lowest BCUT2D eigenvalue weighted by Crippen LogP contribution is -2.44. The number of amides is 1. The summed E-state index contributed by atoms with van der Waals surface area (Å²) in [6, 6.07) is 3.85. The van der Waals surface area contributed by atoms with Crippen LogP contribution in [0.25, 0.3) is 0 Å². The molecular formula is C17H27N3OS. The molecule has 4 nitrogen and oxygen atoms in total. The molecule has 2 rings (SSSR count). The summed E-state index contributed by atoms with van der Waals surface area (Å²) in [5.74, 6) is 1.10. The van der Waals surface area contributed by atoms with Crippen molar-refractivity contribution >= 4 is 17.7 Å². The molecule has 0 aromatic carbocycles. The summed E-state index contributed by atoms with van der Waals surface area (Å²) < 4.78 is 0. The van der Waals surface area contributed by atoms with Gasteiger partial charge in [0.15, 0.2) is 0 Å². The standard InChI is InChI=1S/C17H27N3OS/c1-5-22-15-8-7-14(13-18-15)16(21)19-9-6-10-20(12-11-19)17(2,3)4/h7-8,13H,5-6,9-12H2,1-4H3. The van der Waals surface area contributed by atoms with E-state index < -0.39 is 0 Å². The SMILES string of the molecule is CCSc1ccc(C(=O)N2CCCN(C(C)(C)C)CC2)cn1. The predicted octanol–water partition coefficient (Wildman–Crippen LogP) is 3.14. The van der Waals surface area contributed by atoms with E-state index in [1.807, 2.05) is 17.0 Å². The maximum absolute atomic E-state index is 12.6. The molecular weight excluding hydrogens is 294 g/mol. The highest BCUT2D eigenvalue weighted by Gasteiger charge is 2.26. The Bertz CT molecular complexity index is 496. The Balaban J connectivity index is 2.00. The molecule has 1 aliphatic heterocycles. The van der Waals surface area contributed by atoms with Gasteiger partial charge in [-0.15, -0.1) is 11.8 Å². The van der Waals surface area contributed by atoms with Crippen molar-refractivity contribution in [3.8, 4) is 0 Å². The highest BCUT2D eigenvalue weighted by atomic mass is 32.2. The molecule has 0 spiro atoms. The fraction of sp³-hybridized carbons (Fsp3) is 0.647. The average molecular weight is 321 g/mol. The number of nitrogens with zero attached hydrogens (tertiary/aromatic N) is 3. The van der Waals surface area contributed by atoms with Gasteiger partial charge in [0, 0.05) is 37.9 Å². The molecule has 1 fully saturated rings. The zero-order chi connectivity index (χ0) is 16.2. The number of hydrogen-bond donors (Lipinski definition) is 0. The van der Waals surface area contributed by atoms with Gasteiger partial charge in [-0.25, -0.2) is 4.98 Å². The van der Waals surface area contributed by atoms with E-state index in [-0.39, 0.29) is 11.4 Å². The lowest BCUT2D eigenvalue weighted by Gasteiger charge is -2.34. The fourth-order valence-electron chi connectivity index (χ4n) is 2.71. The average Bonchev–Trinajstić information content (AvgIpc) is 2.73. The Labute approximate surface area is 138 Å². The van der Waals surface area contributed by atoms with E-state index in [1.54, 1.807) is 18.0 Å². The molecule has 0 bridgehead atoms. The summed E-state index contributed by atoms with van der Waals surface area (Å²) in [4.78, 5) is 21.4. The third-order valence-corrected chi connectivity index (χ3v) is 4.83. The molecule has 1 aromatic heterocycles. The number of aromatic nitrogens is 1. The highest BCUT2D eigenvalue weighted by molar-refractivity contribution is 7.99. The summed E-state index contributed by atoms with van der Waals surface area (Å²) in [6.45, 7) is 12.4. The number of pyridine rings is 1. The molecule has 22 heavy (non-hydrogen) atoms. The van der Waals surface area contributed by atoms with Gasteiger partial charge in [0.25, 0.3) is 5.91 Å². The van der Waals surface area contributed by atoms with Crippen molar-refractivity contribution in [3.05, 3.63) is 23.9 Å². The quantitative estimate of drug-likeness (QED) is 0.802. The summed E-state index contributed by atoms with van der Waals surface area (Å²) in [5, 5.41) is 0.980. The minimum atomic E-state index is 0.108. The van der Waals surface area contributed by atoms with Gasteiger partial charge in [-0.2, -0.15) is 0 Å². The Hall–Kier alpha value is -1.07. The summed E-state index contributed by atoms with van der Waals surface area (Å²) in [5.41, 5.74) is 0.865. The van der Waals surface area contributed by atoms with Crippen LogP contribution in [-0.4, -0.2) is 58.2 Å². The highest BCUT2D eigenvalue weighted by Crippen LogP contribution is 2.18. The first-order valence-corrected chi connectivity index (χ1v) is 9.03. The van der Waals surface area contributed by atoms with Crippen LogP contribution in [0.5, 0.6) is 0 Å². The Morgan fingerprint density at radius 3 is 2.59 bits per heavy atom. The summed E-state index contributed by atoms with van der Waals surface area (Å²) in [7, 11) is 0. The molecule has 0 aliphatic carbocycles.